The number of aliphatic imine (C=N–C) groups is 1. The molecule has 0 radical (unpaired) electrons. The van der Waals surface area contributed by atoms with Crippen LogP contribution in [0.15, 0.2) is 53.8 Å². The normalized spacial score (nSPS) is 11.6. The smallest absolute Gasteiger partial charge is 0.133 e. The Morgan fingerprint density at radius 1 is 1.27 bits per heavy atom. The van der Waals surface area contributed by atoms with E-state index in [0.717, 1.165) is 5.56 Å². The van der Waals surface area contributed by atoms with E-state index >= 15 is 0 Å². The van der Waals surface area contributed by atoms with Gasteiger partial charge in [-0.25, -0.2) is 4.99 Å². The first-order valence-corrected chi connectivity index (χ1v) is 4.69. The number of hydrogen-bond donors (Lipinski definition) is 1. The summed E-state index contributed by atoms with van der Waals surface area (Å²) in [6.07, 6.45) is 3.57. The molecule has 4 nitrogen and oxygen atoms in total. The highest BCUT2D eigenvalue weighted by Crippen LogP contribution is 1.98. The SMILES string of the molecule is N/C(=N\Cn1cccn1)c1ccccc1. The summed E-state index contributed by atoms with van der Waals surface area (Å²) >= 11 is 0. The van der Waals surface area contributed by atoms with Crippen LogP contribution in [0.5, 0.6) is 0 Å². The van der Waals surface area contributed by atoms with Crippen molar-refractivity contribution in [3.05, 3.63) is 54.4 Å². The Balaban J connectivity index is 2.08. The summed E-state index contributed by atoms with van der Waals surface area (Å²) in [6.45, 7) is 0.452. The summed E-state index contributed by atoms with van der Waals surface area (Å²) in [6, 6.07) is 11.5. The van der Waals surface area contributed by atoms with E-state index in [2.05, 4.69) is 10.1 Å². The van der Waals surface area contributed by atoms with Crippen LogP contribution in [0, 0.1) is 0 Å². The van der Waals surface area contributed by atoms with Gasteiger partial charge < -0.3 is 5.73 Å². The van der Waals surface area contributed by atoms with E-state index in [9.17, 15) is 0 Å². The number of benzene rings is 1. The Morgan fingerprint density at radius 2 is 2.07 bits per heavy atom. The third-order valence-electron chi connectivity index (χ3n) is 2.01. The highest BCUT2D eigenvalue weighted by Gasteiger charge is 1.95. The van der Waals surface area contributed by atoms with Gasteiger partial charge in [-0.2, -0.15) is 5.10 Å². The van der Waals surface area contributed by atoms with Crippen LogP contribution in [0.25, 0.3) is 0 Å². The van der Waals surface area contributed by atoms with Crippen molar-refractivity contribution in [2.45, 2.75) is 6.67 Å². The quantitative estimate of drug-likeness (QED) is 0.598. The largest absolute Gasteiger partial charge is 0.383 e. The fourth-order valence-corrected chi connectivity index (χ4v) is 1.23. The van der Waals surface area contributed by atoms with Gasteiger partial charge in [-0.1, -0.05) is 30.3 Å². The van der Waals surface area contributed by atoms with E-state index in [1.165, 1.54) is 0 Å². The maximum Gasteiger partial charge on any atom is 0.133 e. The van der Waals surface area contributed by atoms with Crippen molar-refractivity contribution in [2.24, 2.45) is 10.7 Å². The van der Waals surface area contributed by atoms with Crippen LogP contribution in [0.4, 0.5) is 0 Å². The molecule has 0 saturated carbocycles. The van der Waals surface area contributed by atoms with Crippen LogP contribution in [-0.4, -0.2) is 15.6 Å². The van der Waals surface area contributed by atoms with E-state index in [1.807, 2.05) is 42.6 Å². The molecule has 1 heterocycles. The number of hydrogen-bond acceptors (Lipinski definition) is 2. The first-order valence-electron chi connectivity index (χ1n) is 4.69. The van der Waals surface area contributed by atoms with Crippen molar-refractivity contribution in [3.8, 4) is 0 Å². The standard InChI is InChI=1S/C11H12N4/c12-11(10-5-2-1-3-6-10)13-9-15-8-4-7-14-15/h1-8H,9H2,(H2,12,13). The molecule has 0 fully saturated rings. The van der Waals surface area contributed by atoms with E-state index in [-0.39, 0.29) is 0 Å². The molecule has 76 valence electrons. The zero-order chi connectivity index (χ0) is 10.5. The van der Waals surface area contributed by atoms with Gasteiger partial charge in [0.2, 0.25) is 0 Å². The molecule has 0 bridgehead atoms. The zero-order valence-electron chi connectivity index (χ0n) is 8.24. The molecule has 0 atom stereocenters. The monoisotopic (exact) mass is 200 g/mol. The zero-order valence-corrected chi connectivity index (χ0v) is 8.24. The number of nitrogens with zero attached hydrogens (tertiary/aromatic N) is 3. The fraction of sp³-hybridized carbons (Fsp3) is 0.0909. The summed E-state index contributed by atoms with van der Waals surface area (Å²) in [7, 11) is 0. The number of nitrogens with two attached hydrogens (primary N) is 1. The molecule has 0 amide bonds. The molecule has 0 spiro atoms. The van der Waals surface area contributed by atoms with Gasteiger partial charge in [-0.15, -0.1) is 0 Å². The van der Waals surface area contributed by atoms with E-state index < -0.39 is 0 Å². The molecule has 1 aromatic heterocycles. The summed E-state index contributed by atoms with van der Waals surface area (Å²) in [5.41, 5.74) is 6.76. The maximum atomic E-state index is 5.82. The number of amidine groups is 1. The van der Waals surface area contributed by atoms with Gasteiger partial charge in [-0.3, -0.25) is 4.68 Å². The molecule has 0 aliphatic rings. The highest BCUT2D eigenvalue weighted by atomic mass is 15.3. The molecule has 0 aliphatic carbocycles. The lowest BCUT2D eigenvalue weighted by Crippen LogP contribution is -2.14. The van der Waals surface area contributed by atoms with Gasteiger partial charge in [0, 0.05) is 18.0 Å². The third kappa shape index (κ3) is 2.43. The second-order valence-electron chi connectivity index (χ2n) is 3.10. The molecule has 0 unspecified atom stereocenters. The second kappa shape index (κ2) is 4.41. The Bertz CT molecular complexity index is 431. The fourth-order valence-electron chi connectivity index (χ4n) is 1.23. The van der Waals surface area contributed by atoms with Gasteiger partial charge >= 0.3 is 0 Å². The van der Waals surface area contributed by atoms with Gasteiger partial charge in [0.1, 0.15) is 12.5 Å². The van der Waals surface area contributed by atoms with Gasteiger partial charge in [0.15, 0.2) is 0 Å². The van der Waals surface area contributed by atoms with Gasteiger partial charge in [0.25, 0.3) is 0 Å². The average Bonchev–Trinajstić information content (AvgIpc) is 2.80. The minimum atomic E-state index is 0.452. The molecule has 4 heteroatoms. The molecule has 15 heavy (non-hydrogen) atoms. The summed E-state index contributed by atoms with van der Waals surface area (Å²) in [5.74, 6) is 0.533. The average molecular weight is 200 g/mol. The van der Waals surface area contributed by atoms with Crippen molar-refractivity contribution < 1.29 is 0 Å². The second-order valence-corrected chi connectivity index (χ2v) is 3.10. The van der Waals surface area contributed by atoms with Crippen LogP contribution >= 0.6 is 0 Å². The molecule has 2 aromatic rings. The first-order chi connectivity index (χ1) is 7.36. The van der Waals surface area contributed by atoms with E-state index in [0.29, 0.717) is 12.5 Å². The van der Waals surface area contributed by atoms with Crippen molar-refractivity contribution >= 4 is 5.84 Å². The summed E-state index contributed by atoms with van der Waals surface area (Å²) in [4.78, 5) is 4.23. The minimum Gasteiger partial charge on any atom is -0.383 e. The topological polar surface area (TPSA) is 56.2 Å². The Hall–Kier alpha value is -2.10. The van der Waals surface area contributed by atoms with E-state index in [1.54, 1.807) is 10.9 Å². The first kappa shape index (κ1) is 9.45. The van der Waals surface area contributed by atoms with Crippen LogP contribution in [0.2, 0.25) is 0 Å². The van der Waals surface area contributed by atoms with Gasteiger partial charge in [0.05, 0.1) is 0 Å². The lowest BCUT2D eigenvalue weighted by Gasteiger charge is -2.00. The van der Waals surface area contributed by atoms with E-state index in [4.69, 9.17) is 5.73 Å². The lowest BCUT2D eigenvalue weighted by molar-refractivity contribution is 0.640. The molecular weight excluding hydrogens is 188 g/mol. The molecule has 1 aromatic carbocycles. The Labute approximate surface area is 88.1 Å². The molecule has 2 N–H and O–H groups in total. The Morgan fingerprint density at radius 3 is 2.73 bits per heavy atom. The number of aromatic nitrogens is 2. The van der Waals surface area contributed by atoms with Crippen molar-refractivity contribution in [1.29, 1.82) is 0 Å². The van der Waals surface area contributed by atoms with Crippen LogP contribution < -0.4 is 5.73 Å². The van der Waals surface area contributed by atoms with Crippen molar-refractivity contribution in [2.75, 3.05) is 0 Å². The van der Waals surface area contributed by atoms with Gasteiger partial charge in [-0.05, 0) is 6.07 Å². The van der Waals surface area contributed by atoms with Crippen LogP contribution in [-0.2, 0) is 6.67 Å². The highest BCUT2D eigenvalue weighted by molar-refractivity contribution is 5.97. The predicted molar refractivity (Wildman–Crippen MR) is 59.4 cm³/mol. The van der Waals surface area contributed by atoms with Crippen molar-refractivity contribution in [1.82, 2.24) is 9.78 Å². The van der Waals surface area contributed by atoms with Crippen molar-refractivity contribution in [3.63, 3.8) is 0 Å². The molecular formula is C11H12N4. The third-order valence-corrected chi connectivity index (χ3v) is 2.01. The summed E-state index contributed by atoms with van der Waals surface area (Å²) in [5, 5.41) is 4.04. The summed E-state index contributed by atoms with van der Waals surface area (Å²) < 4.78 is 1.72. The maximum absolute atomic E-state index is 5.82. The molecule has 0 saturated heterocycles. The van der Waals surface area contributed by atoms with Crippen LogP contribution in [0.1, 0.15) is 5.56 Å². The number of rotatable bonds is 3. The lowest BCUT2D eigenvalue weighted by atomic mass is 10.2. The van der Waals surface area contributed by atoms with Crippen LogP contribution in [0.3, 0.4) is 0 Å². The predicted octanol–water partition coefficient (Wildman–Crippen LogP) is 1.25. The minimum absolute atomic E-state index is 0.452. The molecule has 2 rings (SSSR count). The Kier molecular flexibility index (Phi) is 2.78. The molecule has 0 aliphatic heterocycles.